The molecule has 4 aromatic rings. The Morgan fingerprint density at radius 1 is 1.02 bits per heavy atom. The van der Waals surface area contributed by atoms with Gasteiger partial charge in [-0.2, -0.15) is 0 Å². The number of pyridine rings is 1. The molecule has 3 N–H and O–H groups in total. The van der Waals surface area contributed by atoms with Gasteiger partial charge in [-0.15, -0.1) is 0 Å². The second kappa shape index (κ2) is 11.8. The smallest absolute Gasteiger partial charge is 0.250 e. The number of hydroxylamine groups is 2. The van der Waals surface area contributed by atoms with Crippen molar-refractivity contribution in [2.75, 3.05) is 14.2 Å². The molecule has 2 atom stereocenters. The molecule has 3 aromatic carbocycles. The average molecular weight is 600 g/mol. The first-order valence-electron chi connectivity index (χ1n) is 14.5. The molecular formula is C34H34FN3O6. The van der Waals surface area contributed by atoms with Crippen LogP contribution in [0.15, 0.2) is 66.7 Å². The molecular weight excluding hydrogens is 565 g/mol. The standard InChI is InChI=1S/C34H34FN3O6/c1-42-24-11-10-22(31(15-24)43-2)18-38(41)32(39)26-17-34(26,33(36)40)16-20-7-12-30(27(35)13-20)44-19-23-14-29(21-8-9-21)37-28-6-4-3-5-25(23)28/h3-7,10-15,21,26,41H,8-9,16-19H2,1-2H3,(H2,36,40)/t26?,34-/m0/s1. The average Bonchev–Trinajstić information content (AvgIpc) is 3.96. The van der Waals surface area contributed by atoms with Gasteiger partial charge in [0.25, 0.3) is 0 Å². The Bertz CT molecular complexity index is 1740. The van der Waals surface area contributed by atoms with Crippen molar-refractivity contribution in [1.29, 1.82) is 0 Å². The zero-order valence-corrected chi connectivity index (χ0v) is 24.6. The molecule has 2 fully saturated rings. The molecule has 2 amide bonds. The van der Waals surface area contributed by atoms with Crippen molar-refractivity contribution in [3.05, 3.63) is 94.9 Å². The van der Waals surface area contributed by atoms with Crippen LogP contribution in [0.25, 0.3) is 10.9 Å². The molecule has 2 aliphatic rings. The maximum atomic E-state index is 15.2. The highest BCUT2D eigenvalue weighted by molar-refractivity contribution is 5.95. The Balaban J connectivity index is 1.13. The number of methoxy groups -OCH3 is 2. The maximum Gasteiger partial charge on any atom is 0.250 e. The normalized spacial score (nSPS) is 19.0. The summed E-state index contributed by atoms with van der Waals surface area (Å²) in [5.74, 6) is -1.20. The highest BCUT2D eigenvalue weighted by Crippen LogP contribution is 2.55. The van der Waals surface area contributed by atoms with E-state index in [0.717, 1.165) is 35.0 Å². The lowest BCUT2D eigenvalue weighted by Gasteiger charge is -2.20. The van der Waals surface area contributed by atoms with Gasteiger partial charge in [0.2, 0.25) is 11.8 Å². The third-order valence-corrected chi connectivity index (χ3v) is 8.65. The number of hydrogen-bond acceptors (Lipinski definition) is 7. The molecule has 1 heterocycles. The summed E-state index contributed by atoms with van der Waals surface area (Å²) in [4.78, 5) is 30.5. The van der Waals surface area contributed by atoms with Gasteiger partial charge < -0.3 is 19.9 Å². The van der Waals surface area contributed by atoms with Crippen LogP contribution in [0.1, 0.15) is 47.6 Å². The predicted molar refractivity (Wildman–Crippen MR) is 160 cm³/mol. The van der Waals surface area contributed by atoms with Crippen LogP contribution in [0.4, 0.5) is 4.39 Å². The Kier molecular flexibility index (Phi) is 7.85. The summed E-state index contributed by atoms with van der Waals surface area (Å²) in [6.07, 6.45) is 2.44. The maximum absolute atomic E-state index is 15.2. The molecule has 1 aromatic heterocycles. The lowest BCUT2D eigenvalue weighted by molar-refractivity contribution is -0.171. The monoisotopic (exact) mass is 599 g/mol. The molecule has 9 nitrogen and oxygen atoms in total. The summed E-state index contributed by atoms with van der Waals surface area (Å²) >= 11 is 0. The number of nitrogens with zero attached hydrogens (tertiary/aromatic N) is 2. The van der Waals surface area contributed by atoms with Gasteiger partial charge in [0.1, 0.15) is 18.1 Å². The van der Waals surface area contributed by atoms with Gasteiger partial charge in [-0.25, -0.2) is 9.45 Å². The second-order valence-corrected chi connectivity index (χ2v) is 11.6. The predicted octanol–water partition coefficient (Wildman–Crippen LogP) is 5.30. The van der Waals surface area contributed by atoms with Crippen molar-refractivity contribution >= 4 is 22.7 Å². The number of aromatic nitrogens is 1. The topological polar surface area (TPSA) is 124 Å². The second-order valence-electron chi connectivity index (χ2n) is 11.6. The Morgan fingerprint density at radius 3 is 2.52 bits per heavy atom. The van der Waals surface area contributed by atoms with E-state index in [9.17, 15) is 14.8 Å². The fourth-order valence-electron chi connectivity index (χ4n) is 5.85. The fraction of sp³-hybridized carbons (Fsp3) is 0.324. The van der Waals surface area contributed by atoms with E-state index < -0.39 is 29.0 Å². The lowest BCUT2D eigenvalue weighted by atomic mass is 9.92. The molecule has 0 bridgehead atoms. The molecule has 44 heavy (non-hydrogen) atoms. The fourth-order valence-corrected chi connectivity index (χ4v) is 5.85. The molecule has 0 saturated heterocycles. The van der Waals surface area contributed by atoms with E-state index in [0.29, 0.717) is 33.6 Å². The molecule has 0 radical (unpaired) electrons. The van der Waals surface area contributed by atoms with Crippen molar-refractivity contribution in [3.63, 3.8) is 0 Å². The van der Waals surface area contributed by atoms with Gasteiger partial charge in [0, 0.05) is 34.2 Å². The number of fused-ring (bicyclic) bond motifs is 1. The number of carbonyl (C=O) groups is 2. The molecule has 2 aliphatic carbocycles. The van der Waals surface area contributed by atoms with E-state index >= 15 is 4.39 Å². The van der Waals surface area contributed by atoms with Crippen LogP contribution in [-0.4, -0.2) is 41.3 Å². The highest BCUT2D eigenvalue weighted by atomic mass is 19.1. The molecule has 0 aliphatic heterocycles. The number of halogens is 1. The molecule has 2 saturated carbocycles. The minimum absolute atomic E-state index is 0.0510. The van der Waals surface area contributed by atoms with Crippen molar-refractivity contribution in [2.24, 2.45) is 17.1 Å². The Morgan fingerprint density at radius 2 is 1.82 bits per heavy atom. The van der Waals surface area contributed by atoms with Gasteiger partial charge in [-0.3, -0.25) is 19.8 Å². The number of amides is 2. The van der Waals surface area contributed by atoms with Gasteiger partial charge in [0.05, 0.1) is 37.6 Å². The molecule has 0 spiro atoms. The summed E-state index contributed by atoms with van der Waals surface area (Å²) in [6.45, 7) is 0.0130. The van der Waals surface area contributed by atoms with Gasteiger partial charge >= 0.3 is 0 Å². The number of primary amides is 1. The van der Waals surface area contributed by atoms with Crippen molar-refractivity contribution in [2.45, 2.75) is 44.8 Å². The largest absolute Gasteiger partial charge is 0.497 e. The van der Waals surface area contributed by atoms with E-state index in [4.69, 9.17) is 24.9 Å². The van der Waals surface area contributed by atoms with E-state index in [-0.39, 0.29) is 31.7 Å². The zero-order chi connectivity index (χ0) is 31.0. The van der Waals surface area contributed by atoms with E-state index in [1.807, 2.05) is 30.3 Å². The molecule has 10 heteroatoms. The number of rotatable bonds is 12. The van der Waals surface area contributed by atoms with Gasteiger partial charge in [0.15, 0.2) is 11.6 Å². The van der Waals surface area contributed by atoms with Crippen molar-refractivity contribution in [3.8, 4) is 17.2 Å². The van der Waals surface area contributed by atoms with Crippen LogP contribution in [0, 0.1) is 17.2 Å². The Hall–Kier alpha value is -4.70. The van der Waals surface area contributed by atoms with Crippen LogP contribution in [0.3, 0.4) is 0 Å². The first kappa shape index (κ1) is 29.4. The summed E-state index contributed by atoms with van der Waals surface area (Å²) in [5.41, 5.74) is 8.43. The molecule has 1 unspecified atom stereocenters. The van der Waals surface area contributed by atoms with E-state index in [1.54, 1.807) is 24.3 Å². The zero-order valence-electron chi connectivity index (χ0n) is 24.6. The summed E-state index contributed by atoms with van der Waals surface area (Å²) < 4.78 is 31.7. The summed E-state index contributed by atoms with van der Waals surface area (Å²) in [7, 11) is 3.00. The molecule has 228 valence electrons. The SMILES string of the molecule is COc1ccc(CN(O)C(=O)C2C[C@]2(Cc2ccc(OCc3cc(C4CC4)nc4ccccc34)c(F)c2)C(N)=O)c(OC)c1. The number of hydrogen-bond donors (Lipinski definition) is 2. The van der Waals surface area contributed by atoms with Crippen LogP contribution >= 0.6 is 0 Å². The third-order valence-electron chi connectivity index (χ3n) is 8.65. The van der Waals surface area contributed by atoms with Crippen molar-refractivity contribution < 1.29 is 33.4 Å². The first-order chi connectivity index (χ1) is 21.2. The van der Waals surface area contributed by atoms with Crippen LogP contribution in [0.2, 0.25) is 0 Å². The van der Waals surface area contributed by atoms with E-state index in [1.165, 1.54) is 26.4 Å². The number of para-hydroxylation sites is 1. The Labute approximate surface area is 254 Å². The number of ether oxygens (including phenoxy) is 3. The van der Waals surface area contributed by atoms with Gasteiger partial charge in [-0.1, -0.05) is 24.3 Å². The van der Waals surface area contributed by atoms with Gasteiger partial charge in [-0.05, 0) is 67.6 Å². The van der Waals surface area contributed by atoms with Crippen LogP contribution in [-0.2, 0) is 29.2 Å². The number of benzene rings is 3. The summed E-state index contributed by atoms with van der Waals surface area (Å²) in [5, 5.41) is 12.2. The number of carbonyl (C=O) groups excluding carboxylic acids is 2. The molecule has 6 rings (SSSR count). The minimum Gasteiger partial charge on any atom is -0.497 e. The van der Waals surface area contributed by atoms with E-state index in [2.05, 4.69) is 0 Å². The quantitative estimate of drug-likeness (QED) is 0.167. The van der Waals surface area contributed by atoms with Crippen LogP contribution < -0.4 is 19.9 Å². The highest BCUT2D eigenvalue weighted by Gasteiger charge is 2.63. The lowest BCUT2D eigenvalue weighted by Crippen LogP contribution is -2.35. The first-order valence-corrected chi connectivity index (χ1v) is 14.5. The minimum atomic E-state index is -1.23. The van der Waals surface area contributed by atoms with Crippen LogP contribution in [0.5, 0.6) is 17.2 Å². The third kappa shape index (κ3) is 5.77. The van der Waals surface area contributed by atoms with Crippen molar-refractivity contribution in [1.82, 2.24) is 10.0 Å². The number of nitrogens with two attached hydrogens (primary N) is 1. The summed E-state index contributed by atoms with van der Waals surface area (Å²) in [6, 6.07) is 19.4.